The van der Waals surface area contributed by atoms with Gasteiger partial charge in [0, 0.05) is 13.0 Å². The van der Waals surface area contributed by atoms with Crippen LogP contribution in [0.4, 0.5) is 39.5 Å². The molecule has 4 N–H and O–H groups in total. The first-order chi connectivity index (χ1) is 9.14. The normalized spacial score (nSPS) is 15.9. The lowest BCUT2D eigenvalue weighted by Crippen LogP contribution is -2.63. The van der Waals surface area contributed by atoms with E-state index in [4.69, 9.17) is 10.5 Å². The number of nitrogens with two attached hydrogens (primary N) is 1. The van der Waals surface area contributed by atoms with Crippen molar-refractivity contribution in [2.75, 3.05) is 6.61 Å². The van der Waals surface area contributed by atoms with Crippen LogP contribution in [0.2, 0.25) is 0 Å². The number of aliphatic hydroxyl groups excluding tert-OH is 1. The fourth-order valence-corrected chi connectivity index (χ4v) is 0.977. The average molecular weight is 336 g/mol. The maximum Gasteiger partial charge on any atom is 0.428 e. The lowest BCUT2D eigenvalue weighted by molar-refractivity contribution is -0.437. The third-order valence-corrected chi connectivity index (χ3v) is 2.14. The van der Waals surface area contributed by atoms with E-state index >= 15 is 0 Å². The molecular formula is C8H9F9N2O2. The molecule has 126 valence electrons. The molecule has 0 radical (unpaired) electrons. The number of hydrogen-bond acceptors (Lipinski definition) is 3. The second kappa shape index (κ2) is 5.87. The Morgan fingerprint density at radius 1 is 1.05 bits per heavy atom. The summed E-state index contributed by atoms with van der Waals surface area (Å²) in [4.78, 5) is 0. The highest BCUT2D eigenvalue weighted by atomic mass is 19.4. The maximum absolute atomic E-state index is 13.0. The monoisotopic (exact) mass is 336 g/mol. The van der Waals surface area contributed by atoms with Crippen LogP contribution in [0.1, 0.15) is 6.42 Å². The maximum atomic E-state index is 13.0. The summed E-state index contributed by atoms with van der Waals surface area (Å²) in [5, 5.41) is 14.3. The Kier molecular flexibility index (Phi) is 5.52. The molecule has 0 saturated carbocycles. The molecule has 0 aromatic heterocycles. The smallest absolute Gasteiger partial charge is 0.396 e. The van der Waals surface area contributed by atoms with Gasteiger partial charge in [-0.25, -0.2) is 4.39 Å². The highest BCUT2D eigenvalue weighted by molar-refractivity contribution is 5.80. The third kappa shape index (κ3) is 3.51. The largest absolute Gasteiger partial charge is 0.428 e. The average Bonchev–Trinajstić information content (AvgIpc) is 2.27. The van der Waals surface area contributed by atoms with E-state index in [1.807, 2.05) is 0 Å². The number of aliphatic hydroxyl groups is 1. The number of halogens is 9. The summed E-state index contributed by atoms with van der Waals surface area (Å²) in [6, 6.07) is 0. The van der Waals surface area contributed by atoms with Gasteiger partial charge in [-0.2, -0.15) is 35.1 Å². The Balaban J connectivity index is 5.56. The molecule has 0 aliphatic rings. The van der Waals surface area contributed by atoms with Crippen LogP contribution in [0.15, 0.2) is 0 Å². The van der Waals surface area contributed by atoms with Crippen molar-refractivity contribution < 1.29 is 49.4 Å². The van der Waals surface area contributed by atoms with E-state index in [1.54, 1.807) is 0 Å². The number of ether oxygens (including phenoxy) is 1. The first kappa shape index (κ1) is 19.8. The van der Waals surface area contributed by atoms with Crippen molar-refractivity contribution in [3.8, 4) is 0 Å². The van der Waals surface area contributed by atoms with E-state index in [9.17, 15) is 39.5 Å². The van der Waals surface area contributed by atoms with Gasteiger partial charge in [0.2, 0.25) is 0 Å². The Hall–Kier alpha value is -1.24. The Morgan fingerprint density at radius 3 is 1.81 bits per heavy atom. The standard InChI is InChI=1S/C8H9F9N2O2/c9-3(4(18)19)21-8(16,17)7(14,15)6(12,13)5(10,11)1-2-20/h3,20H,1-2H2,(H3,18,19). The van der Waals surface area contributed by atoms with E-state index in [-0.39, 0.29) is 0 Å². The SMILES string of the molecule is N=C(N)C(F)OC(F)(F)C(F)(F)C(F)(F)C(F)(F)CCO. The van der Waals surface area contributed by atoms with Gasteiger partial charge in [0.05, 0.1) is 0 Å². The van der Waals surface area contributed by atoms with Crippen LogP contribution in [0, 0.1) is 5.41 Å². The van der Waals surface area contributed by atoms with Crippen LogP contribution in [0.5, 0.6) is 0 Å². The molecule has 0 aliphatic heterocycles. The van der Waals surface area contributed by atoms with Crippen LogP contribution in [-0.4, -0.2) is 47.8 Å². The van der Waals surface area contributed by atoms with E-state index in [1.165, 1.54) is 0 Å². The van der Waals surface area contributed by atoms with Crippen molar-refractivity contribution in [1.82, 2.24) is 0 Å². The van der Waals surface area contributed by atoms with Crippen molar-refractivity contribution in [2.45, 2.75) is 36.7 Å². The molecule has 0 amide bonds. The lowest BCUT2D eigenvalue weighted by atomic mass is 10.0. The minimum atomic E-state index is -6.85. The number of alkyl halides is 9. The molecule has 4 nitrogen and oxygen atoms in total. The first-order valence-electron chi connectivity index (χ1n) is 4.92. The topological polar surface area (TPSA) is 79.3 Å². The number of rotatable bonds is 8. The predicted octanol–water partition coefficient (Wildman–Crippen LogP) is 2.12. The van der Waals surface area contributed by atoms with Gasteiger partial charge in [0.15, 0.2) is 5.84 Å². The summed E-state index contributed by atoms with van der Waals surface area (Å²) in [5.41, 5.74) is 4.27. The summed E-state index contributed by atoms with van der Waals surface area (Å²) in [7, 11) is 0. The van der Waals surface area contributed by atoms with E-state index in [0.29, 0.717) is 0 Å². The zero-order chi connectivity index (χ0) is 17.3. The van der Waals surface area contributed by atoms with Crippen molar-refractivity contribution >= 4 is 5.84 Å². The Labute approximate surface area is 111 Å². The van der Waals surface area contributed by atoms with Crippen LogP contribution >= 0.6 is 0 Å². The van der Waals surface area contributed by atoms with Crippen LogP contribution in [0.25, 0.3) is 0 Å². The van der Waals surface area contributed by atoms with Crippen molar-refractivity contribution in [1.29, 1.82) is 5.41 Å². The minimum Gasteiger partial charge on any atom is -0.396 e. The first-order valence-corrected chi connectivity index (χ1v) is 4.92. The molecule has 0 aliphatic carbocycles. The van der Waals surface area contributed by atoms with Gasteiger partial charge in [-0.15, -0.1) is 0 Å². The molecule has 0 fully saturated rings. The highest BCUT2D eigenvalue weighted by Crippen LogP contribution is 2.54. The Bertz CT molecular complexity index is 388. The summed E-state index contributed by atoms with van der Waals surface area (Å²) in [6.07, 6.45) is -12.4. The van der Waals surface area contributed by atoms with E-state index in [2.05, 4.69) is 10.5 Å². The minimum absolute atomic E-state index is 1.70. The fraction of sp³-hybridized carbons (Fsp3) is 0.875. The van der Waals surface area contributed by atoms with Crippen LogP contribution < -0.4 is 5.73 Å². The van der Waals surface area contributed by atoms with Crippen LogP contribution in [-0.2, 0) is 4.74 Å². The van der Waals surface area contributed by atoms with Gasteiger partial charge in [-0.05, 0) is 0 Å². The van der Waals surface area contributed by atoms with Gasteiger partial charge < -0.3 is 10.8 Å². The molecule has 0 aromatic rings. The van der Waals surface area contributed by atoms with E-state index < -0.39 is 49.1 Å². The quantitative estimate of drug-likeness (QED) is 0.361. The molecule has 0 rings (SSSR count). The summed E-state index contributed by atoms with van der Waals surface area (Å²) >= 11 is 0. The number of nitrogens with one attached hydrogen (secondary N) is 1. The van der Waals surface area contributed by atoms with Crippen LogP contribution in [0.3, 0.4) is 0 Å². The molecule has 0 spiro atoms. The predicted molar refractivity (Wildman–Crippen MR) is 49.4 cm³/mol. The van der Waals surface area contributed by atoms with E-state index in [0.717, 1.165) is 0 Å². The van der Waals surface area contributed by atoms with Gasteiger partial charge >= 0.3 is 23.9 Å². The number of amidine groups is 1. The zero-order valence-corrected chi connectivity index (χ0v) is 9.83. The molecule has 13 heteroatoms. The molecule has 1 unspecified atom stereocenters. The third-order valence-electron chi connectivity index (χ3n) is 2.14. The molecule has 0 saturated heterocycles. The van der Waals surface area contributed by atoms with Gasteiger partial charge in [0.1, 0.15) is 0 Å². The summed E-state index contributed by atoms with van der Waals surface area (Å²) in [6.45, 7) is -1.70. The van der Waals surface area contributed by atoms with Gasteiger partial charge in [-0.1, -0.05) is 0 Å². The molecule has 0 aromatic carbocycles. The summed E-state index contributed by atoms with van der Waals surface area (Å²) in [5.74, 6) is -21.1. The molecule has 1 atom stereocenters. The summed E-state index contributed by atoms with van der Waals surface area (Å²) < 4.78 is 118. The van der Waals surface area contributed by atoms with Crippen molar-refractivity contribution in [2.24, 2.45) is 5.73 Å². The second-order valence-corrected chi connectivity index (χ2v) is 3.73. The van der Waals surface area contributed by atoms with Crippen molar-refractivity contribution in [3.63, 3.8) is 0 Å². The van der Waals surface area contributed by atoms with Gasteiger partial charge in [-0.3, -0.25) is 10.1 Å². The second-order valence-electron chi connectivity index (χ2n) is 3.73. The molecule has 0 heterocycles. The Morgan fingerprint density at radius 2 is 1.48 bits per heavy atom. The van der Waals surface area contributed by atoms with Crippen molar-refractivity contribution in [3.05, 3.63) is 0 Å². The number of hydrogen-bond donors (Lipinski definition) is 3. The molecular weight excluding hydrogens is 327 g/mol. The lowest BCUT2D eigenvalue weighted by Gasteiger charge is -2.36. The molecule has 21 heavy (non-hydrogen) atoms. The zero-order valence-electron chi connectivity index (χ0n) is 9.83. The highest BCUT2D eigenvalue weighted by Gasteiger charge is 2.81. The van der Waals surface area contributed by atoms with Gasteiger partial charge in [0.25, 0.3) is 6.36 Å². The fourth-order valence-electron chi connectivity index (χ4n) is 0.977. The molecule has 0 bridgehead atoms.